The van der Waals surface area contributed by atoms with Crippen LogP contribution in [0.1, 0.15) is 17.5 Å². The Morgan fingerprint density at radius 1 is 1.50 bits per heavy atom. The summed E-state index contributed by atoms with van der Waals surface area (Å²) in [6.07, 6.45) is 0.727. The first-order valence-corrected chi connectivity index (χ1v) is 9.05. The fourth-order valence-corrected chi connectivity index (χ4v) is 4.67. The van der Waals surface area contributed by atoms with Crippen molar-refractivity contribution in [3.05, 3.63) is 27.7 Å². The molecule has 112 valence electrons. The third-order valence-corrected chi connectivity index (χ3v) is 6.76. The summed E-state index contributed by atoms with van der Waals surface area (Å²) in [6, 6.07) is 3.40. The summed E-state index contributed by atoms with van der Waals surface area (Å²) in [5.74, 6) is 0.275. The van der Waals surface area contributed by atoms with Gasteiger partial charge in [-0.3, -0.25) is 0 Å². The van der Waals surface area contributed by atoms with Gasteiger partial charge in [0.1, 0.15) is 0 Å². The van der Waals surface area contributed by atoms with Crippen LogP contribution in [0.4, 0.5) is 0 Å². The Bertz CT molecular complexity index is 600. The molecule has 0 bridgehead atoms. The molecule has 1 unspecified atom stereocenters. The van der Waals surface area contributed by atoms with Crippen LogP contribution in [0.2, 0.25) is 0 Å². The summed E-state index contributed by atoms with van der Waals surface area (Å²) in [4.78, 5) is 0.303. The number of halogens is 2. The molecule has 1 atom stereocenters. The Kier molecular flexibility index (Phi) is 5.13. The molecule has 1 fully saturated rings. The smallest absolute Gasteiger partial charge is 0.243 e. The van der Waals surface area contributed by atoms with E-state index in [1.807, 2.05) is 6.07 Å². The van der Waals surface area contributed by atoms with Crippen LogP contribution in [0.5, 0.6) is 0 Å². The summed E-state index contributed by atoms with van der Waals surface area (Å²) in [7, 11) is -1.94. The van der Waals surface area contributed by atoms with E-state index in [4.69, 9.17) is 16.3 Å². The quantitative estimate of drug-likeness (QED) is 0.752. The highest BCUT2D eigenvalue weighted by atomic mass is 79.9. The van der Waals surface area contributed by atoms with Gasteiger partial charge in [-0.1, -0.05) is 15.9 Å². The molecule has 20 heavy (non-hydrogen) atoms. The van der Waals surface area contributed by atoms with Crippen molar-refractivity contribution in [1.82, 2.24) is 4.31 Å². The summed E-state index contributed by atoms with van der Waals surface area (Å²) >= 11 is 9.23. The zero-order chi connectivity index (χ0) is 14.9. The lowest BCUT2D eigenvalue weighted by Crippen LogP contribution is -2.37. The van der Waals surface area contributed by atoms with Crippen LogP contribution < -0.4 is 0 Å². The molecule has 1 aliphatic rings. The molecule has 1 aliphatic heterocycles. The number of nitrogens with zero attached hydrogens (tertiary/aromatic N) is 1. The number of alkyl halides is 1. The molecule has 7 heteroatoms. The van der Waals surface area contributed by atoms with Gasteiger partial charge in [0.15, 0.2) is 0 Å². The molecule has 0 aliphatic carbocycles. The van der Waals surface area contributed by atoms with Crippen LogP contribution >= 0.6 is 27.5 Å². The van der Waals surface area contributed by atoms with Gasteiger partial charge in [0.2, 0.25) is 10.0 Å². The second kappa shape index (κ2) is 6.32. The highest BCUT2D eigenvalue weighted by Gasteiger charge is 2.32. The Balaban J connectivity index is 2.45. The van der Waals surface area contributed by atoms with Gasteiger partial charge in [0, 0.05) is 24.0 Å². The number of ether oxygens (including phenoxy) is 1. The van der Waals surface area contributed by atoms with Crippen molar-refractivity contribution in [2.45, 2.75) is 30.2 Å². The fourth-order valence-electron chi connectivity index (χ4n) is 2.21. The number of hydrogen-bond donors (Lipinski definition) is 0. The van der Waals surface area contributed by atoms with E-state index in [0.29, 0.717) is 23.7 Å². The van der Waals surface area contributed by atoms with Gasteiger partial charge in [-0.05, 0) is 36.6 Å². The SMILES string of the molecule is Cc1c(Br)cc(CCl)cc1S(=O)(=O)N(C)C1CCOC1. The van der Waals surface area contributed by atoms with Crippen molar-refractivity contribution < 1.29 is 13.2 Å². The first-order valence-electron chi connectivity index (χ1n) is 6.28. The third-order valence-electron chi connectivity index (χ3n) is 3.59. The molecule has 0 spiro atoms. The van der Waals surface area contributed by atoms with E-state index >= 15 is 0 Å². The van der Waals surface area contributed by atoms with Crippen molar-refractivity contribution in [2.75, 3.05) is 20.3 Å². The van der Waals surface area contributed by atoms with Gasteiger partial charge in [0.25, 0.3) is 0 Å². The zero-order valence-corrected chi connectivity index (χ0v) is 14.6. The lowest BCUT2D eigenvalue weighted by Gasteiger charge is -2.24. The highest BCUT2D eigenvalue weighted by Crippen LogP contribution is 2.30. The van der Waals surface area contributed by atoms with E-state index in [-0.39, 0.29) is 11.9 Å². The van der Waals surface area contributed by atoms with Crippen molar-refractivity contribution in [1.29, 1.82) is 0 Å². The molecular formula is C13H17BrClNO3S. The van der Waals surface area contributed by atoms with Gasteiger partial charge in [-0.2, -0.15) is 4.31 Å². The van der Waals surface area contributed by atoms with Crippen molar-refractivity contribution in [2.24, 2.45) is 0 Å². The maximum atomic E-state index is 12.8. The molecule has 1 aromatic carbocycles. The van der Waals surface area contributed by atoms with E-state index < -0.39 is 10.0 Å². The average molecular weight is 383 g/mol. The summed E-state index contributed by atoms with van der Waals surface area (Å²) < 4.78 is 33.0. The number of rotatable bonds is 4. The molecule has 1 aromatic rings. The standard InChI is InChI=1S/C13H17BrClNO3S/c1-9-12(14)5-10(7-15)6-13(9)20(17,18)16(2)11-3-4-19-8-11/h5-6,11H,3-4,7-8H2,1-2H3. The minimum atomic E-state index is -3.54. The Hall–Kier alpha value is -0.140. The maximum absolute atomic E-state index is 12.8. The zero-order valence-electron chi connectivity index (χ0n) is 11.4. The molecule has 1 heterocycles. The molecule has 4 nitrogen and oxygen atoms in total. The molecule has 2 rings (SSSR count). The lowest BCUT2D eigenvalue weighted by molar-refractivity contribution is 0.181. The van der Waals surface area contributed by atoms with Crippen LogP contribution in [0.3, 0.4) is 0 Å². The van der Waals surface area contributed by atoms with Crippen LogP contribution in [-0.4, -0.2) is 39.0 Å². The maximum Gasteiger partial charge on any atom is 0.243 e. The van der Waals surface area contributed by atoms with Crippen molar-refractivity contribution in [3.8, 4) is 0 Å². The second-order valence-electron chi connectivity index (χ2n) is 4.87. The van der Waals surface area contributed by atoms with E-state index in [2.05, 4.69) is 15.9 Å². The Morgan fingerprint density at radius 2 is 2.20 bits per heavy atom. The molecule has 0 radical (unpaired) electrons. The second-order valence-corrected chi connectivity index (χ2v) is 7.96. The molecular weight excluding hydrogens is 366 g/mol. The van der Waals surface area contributed by atoms with E-state index in [1.165, 1.54) is 4.31 Å². The number of benzene rings is 1. The Labute approximate surface area is 133 Å². The summed E-state index contributed by atoms with van der Waals surface area (Å²) in [5.41, 5.74) is 1.48. The minimum Gasteiger partial charge on any atom is -0.380 e. The van der Waals surface area contributed by atoms with E-state index in [9.17, 15) is 8.42 Å². The predicted octanol–water partition coefficient (Wildman–Crippen LogP) is 2.91. The third kappa shape index (κ3) is 3.04. The molecule has 0 aromatic heterocycles. The normalized spacial score (nSPS) is 19.8. The predicted molar refractivity (Wildman–Crippen MR) is 82.6 cm³/mol. The number of sulfonamides is 1. The van der Waals surface area contributed by atoms with Gasteiger partial charge < -0.3 is 4.74 Å². The van der Waals surface area contributed by atoms with E-state index in [0.717, 1.165) is 16.5 Å². The molecule has 1 saturated heterocycles. The average Bonchev–Trinajstić information content (AvgIpc) is 2.94. The minimum absolute atomic E-state index is 0.0992. The molecule has 0 saturated carbocycles. The topological polar surface area (TPSA) is 46.6 Å². The monoisotopic (exact) mass is 381 g/mol. The first-order chi connectivity index (χ1) is 9.37. The summed E-state index contributed by atoms with van der Waals surface area (Å²) in [5, 5.41) is 0. The van der Waals surface area contributed by atoms with Crippen molar-refractivity contribution in [3.63, 3.8) is 0 Å². The fraction of sp³-hybridized carbons (Fsp3) is 0.538. The van der Waals surface area contributed by atoms with Crippen LogP contribution in [-0.2, 0) is 20.6 Å². The number of likely N-dealkylation sites (N-methyl/N-ethyl adjacent to an activating group) is 1. The van der Waals surface area contributed by atoms with Gasteiger partial charge in [-0.25, -0.2) is 8.42 Å². The van der Waals surface area contributed by atoms with Crippen LogP contribution in [0, 0.1) is 6.92 Å². The Morgan fingerprint density at radius 3 is 2.75 bits per heavy atom. The van der Waals surface area contributed by atoms with Gasteiger partial charge in [-0.15, -0.1) is 11.6 Å². The van der Waals surface area contributed by atoms with E-state index in [1.54, 1.807) is 20.0 Å². The summed E-state index contributed by atoms with van der Waals surface area (Å²) in [6.45, 7) is 2.84. The largest absolute Gasteiger partial charge is 0.380 e. The van der Waals surface area contributed by atoms with Gasteiger partial charge >= 0.3 is 0 Å². The van der Waals surface area contributed by atoms with Crippen LogP contribution in [0.25, 0.3) is 0 Å². The van der Waals surface area contributed by atoms with Gasteiger partial charge in [0.05, 0.1) is 17.5 Å². The molecule has 0 N–H and O–H groups in total. The van der Waals surface area contributed by atoms with Crippen molar-refractivity contribution >= 4 is 37.6 Å². The van der Waals surface area contributed by atoms with Crippen LogP contribution in [0.15, 0.2) is 21.5 Å². The first kappa shape index (κ1) is 16.2. The lowest BCUT2D eigenvalue weighted by atomic mass is 10.2. The highest BCUT2D eigenvalue weighted by molar-refractivity contribution is 9.10. The number of hydrogen-bond acceptors (Lipinski definition) is 3. The molecule has 0 amide bonds.